The summed E-state index contributed by atoms with van der Waals surface area (Å²) in [5.74, 6) is 0. The van der Waals surface area contributed by atoms with Crippen LogP contribution in [-0.2, 0) is 0 Å². The Morgan fingerprint density at radius 1 is 1.57 bits per heavy atom. The number of piperidine rings is 1. The molecule has 0 aromatic rings. The lowest BCUT2D eigenvalue weighted by molar-refractivity contribution is 0.0945. The summed E-state index contributed by atoms with van der Waals surface area (Å²) in [6, 6.07) is 0.582. The number of aliphatic hydroxyl groups excluding tert-OH is 1. The van der Waals surface area contributed by atoms with Crippen molar-refractivity contribution >= 4 is 0 Å². The number of likely N-dealkylation sites (tertiary alicyclic amines) is 1. The summed E-state index contributed by atoms with van der Waals surface area (Å²) >= 11 is 0. The summed E-state index contributed by atoms with van der Waals surface area (Å²) in [5.41, 5.74) is 1.08. The van der Waals surface area contributed by atoms with Crippen molar-refractivity contribution in [1.29, 1.82) is 0 Å². The van der Waals surface area contributed by atoms with Crippen molar-refractivity contribution in [2.45, 2.75) is 51.2 Å². The molecule has 1 fully saturated rings. The van der Waals surface area contributed by atoms with Crippen molar-refractivity contribution in [3.8, 4) is 0 Å². The highest BCUT2D eigenvalue weighted by Crippen LogP contribution is 2.20. The third kappa shape index (κ3) is 3.81. The monoisotopic (exact) mass is 197 g/mol. The molecule has 1 aliphatic heterocycles. The lowest BCUT2D eigenvalue weighted by atomic mass is 9.95. The fraction of sp³-hybridized carbons (Fsp3) is 0.833. The molecule has 2 nitrogen and oxygen atoms in total. The first-order valence-electron chi connectivity index (χ1n) is 5.62. The third-order valence-corrected chi connectivity index (χ3v) is 3.05. The van der Waals surface area contributed by atoms with Gasteiger partial charge in [-0.3, -0.25) is 0 Å². The zero-order chi connectivity index (χ0) is 10.6. The molecule has 0 aromatic heterocycles. The summed E-state index contributed by atoms with van der Waals surface area (Å²) in [7, 11) is 2.16. The van der Waals surface area contributed by atoms with Crippen LogP contribution in [0.2, 0.25) is 0 Å². The molecule has 1 saturated heterocycles. The molecule has 82 valence electrons. The highest BCUT2D eigenvalue weighted by atomic mass is 16.3. The number of rotatable bonds is 4. The Morgan fingerprint density at radius 2 is 2.29 bits per heavy atom. The number of aliphatic hydroxyl groups is 1. The van der Waals surface area contributed by atoms with E-state index < -0.39 is 0 Å². The minimum absolute atomic E-state index is 0.196. The van der Waals surface area contributed by atoms with Crippen molar-refractivity contribution in [3.05, 3.63) is 12.2 Å². The number of hydrogen-bond acceptors (Lipinski definition) is 2. The topological polar surface area (TPSA) is 23.5 Å². The molecular weight excluding hydrogens is 174 g/mol. The van der Waals surface area contributed by atoms with Gasteiger partial charge >= 0.3 is 0 Å². The number of nitrogens with zero attached hydrogens (tertiary/aromatic N) is 1. The van der Waals surface area contributed by atoms with E-state index in [0.717, 1.165) is 18.4 Å². The van der Waals surface area contributed by atoms with Gasteiger partial charge in [0, 0.05) is 6.04 Å². The van der Waals surface area contributed by atoms with Crippen LogP contribution in [0.15, 0.2) is 12.2 Å². The molecule has 1 N–H and O–H groups in total. The molecule has 1 heterocycles. The minimum atomic E-state index is -0.196. The van der Waals surface area contributed by atoms with Crippen LogP contribution in [-0.4, -0.2) is 35.7 Å². The van der Waals surface area contributed by atoms with Crippen molar-refractivity contribution in [2.24, 2.45) is 0 Å². The average molecular weight is 197 g/mol. The normalized spacial score (nSPS) is 26.1. The maximum Gasteiger partial charge on any atom is 0.0592 e. The molecule has 0 aromatic carbocycles. The van der Waals surface area contributed by atoms with Crippen molar-refractivity contribution in [3.63, 3.8) is 0 Å². The van der Waals surface area contributed by atoms with E-state index in [4.69, 9.17) is 0 Å². The summed E-state index contributed by atoms with van der Waals surface area (Å²) in [5, 5.41) is 9.80. The number of hydrogen-bond donors (Lipinski definition) is 1. The Morgan fingerprint density at radius 3 is 2.86 bits per heavy atom. The molecule has 1 rings (SSSR count). The average Bonchev–Trinajstić information content (AvgIpc) is 2.07. The molecule has 0 radical (unpaired) electrons. The van der Waals surface area contributed by atoms with Crippen LogP contribution in [0.3, 0.4) is 0 Å². The molecule has 0 bridgehead atoms. The van der Waals surface area contributed by atoms with E-state index in [9.17, 15) is 5.11 Å². The maximum atomic E-state index is 9.80. The Kier molecular flexibility index (Phi) is 4.63. The summed E-state index contributed by atoms with van der Waals surface area (Å²) in [4.78, 5) is 2.38. The fourth-order valence-electron chi connectivity index (χ4n) is 2.24. The molecule has 2 heteroatoms. The van der Waals surface area contributed by atoms with Gasteiger partial charge in [0.25, 0.3) is 0 Å². The predicted molar refractivity (Wildman–Crippen MR) is 60.3 cm³/mol. The van der Waals surface area contributed by atoms with Crippen molar-refractivity contribution in [2.75, 3.05) is 13.6 Å². The minimum Gasteiger partial charge on any atom is -0.393 e. The first-order valence-corrected chi connectivity index (χ1v) is 5.62. The first-order chi connectivity index (χ1) is 6.59. The van der Waals surface area contributed by atoms with E-state index in [0.29, 0.717) is 6.04 Å². The second-order valence-corrected chi connectivity index (χ2v) is 4.68. The Bertz CT molecular complexity index is 191. The fourth-order valence-corrected chi connectivity index (χ4v) is 2.24. The first kappa shape index (κ1) is 11.7. The molecule has 14 heavy (non-hydrogen) atoms. The molecule has 0 amide bonds. The van der Waals surface area contributed by atoms with Gasteiger partial charge in [-0.25, -0.2) is 0 Å². The van der Waals surface area contributed by atoms with Gasteiger partial charge in [-0.2, -0.15) is 0 Å². The Labute approximate surface area is 87.6 Å². The van der Waals surface area contributed by atoms with Gasteiger partial charge < -0.3 is 10.0 Å². The second-order valence-electron chi connectivity index (χ2n) is 4.68. The standard InChI is InChI=1S/C12H23NO/c1-10(2)8-12(14)9-11-6-4-5-7-13(11)3/h11-12,14H,1,4-9H2,2-3H3/t11-,12+/m0/s1. The third-order valence-electron chi connectivity index (χ3n) is 3.05. The van der Waals surface area contributed by atoms with E-state index in [-0.39, 0.29) is 6.10 Å². The van der Waals surface area contributed by atoms with Crippen LogP contribution in [0.5, 0.6) is 0 Å². The van der Waals surface area contributed by atoms with E-state index >= 15 is 0 Å². The van der Waals surface area contributed by atoms with Gasteiger partial charge in [0.05, 0.1) is 6.10 Å². The van der Waals surface area contributed by atoms with Gasteiger partial charge in [-0.15, -0.1) is 6.58 Å². The van der Waals surface area contributed by atoms with E-state index in [1.807, 2.05) is 6.92 Å². The van der Waals surface area contributed by atoms with E-state index in [2.05, 4.69) is 18.5 Å². The highest BCUT2D eigenvalue weighted by molar-refractivity contribution is 4.91. The van der Waals surface area contributed by atoms with Gasteiger partial charge in [0.2, 0.25) is 0 Å². The Hall–Kier alpha value is -0.340. The summed E-state index contributed by atoms with van der Waals surface area (Å²) < 4.78 is 0. The van der Waals surface area contributed by atoms with E-state index in [1.165, 1.54) is 25.8 Å². The smallest absolute Gasteiger partial charge is 0.0592 e. The van der Waals surface area contributed by atoms with Gasteiger partial charge in [0.1, 0.15) is 0 Å². The van der Waals surface area contributed by atoms with Crippen LogP contribution >= 0.6 is 0 Å². The van der Waals surface area contributed by atoms with E-state index in [1.54, 1.807) is 0 Å². The molecule has 0 aliphatic carbocycles. The quantitative estimate of drug-likeness (QED) is 0.698. The molecular formula is C12H23NO. The van der Waals surface area contributed by atoms with Gasteiger partial charge in [-0.1, -0.05) is 12.0 Å². The lowest BCUT2D eigenvalue weighted by Gasteiger charge is -2.33. The van der Waals surface area contributed by atoms with Gasteiger partial charge in [-0.05, 0) is 46.2 Å². The molecule has 0 saturated carbocycles. The highest BCUT2D eigenvalue weighted by Gasteiger charge is 2.21. The maximum absolute atomic E-state index is 9.80. The predicted octanol–water partition coefficient (Wildman–Crippen LogP) is 2.19. The Balaban J connectivity index is 2.30. The van der Waals surface area contributed by atoms with Crippen LogP contribution in [0.1, 0.15) is 39.0 Å². The van der Waals surface area contributed by atoms with Crippen molar-refractivity contribution in [1.82, 2.24) is 4.90 Å². The van der Waals surface area contributed by atoms with Crippen molar-refractivity contribution < 1.29 is 5.11 Å². The van der Waals surface area contributed by atoms with Gasteiger partial charge in [0.15, 0.2) is 0 Å². The summed E-state index contributed by atoms with van der Waals surface area (Å²) in [6.07, 6.45) is 5.33. The van der Waals surface area contributed by atoms with Crippen LogP contribution in [0, 0.1) is 0 Å². The van der Waals surface area contributed by atoms with Crippen LogP contribution < -0.4 is 0 Å². The van der Waals surface area contributed by atoms with Crippen LogP contribution in [0.25, 0.3) is 0 Å². The zero-order valence-corrected chi connectivity index (χ0v) is 9.50. The molecule has 0 spiro atoms. The summed E-state index contributed by atoms with van der Waals surface area (Å²) in [6.45, 7) is 7.00. The van der Waals surface area contributed by atoms with Crippen LogP contribution in [0.4, 0.5) is 0 Å². The molecule has 1 aliphatic rings. The second kappa shape index (κ2) is 5.52. The molecule has 2 atom stereocenters. The largest absolute Gasteiger partial charge is 0.393 e. The SMILES string of the molecule is C=C(C)C[C@@H](O)C[C@@H]1CCCCN1C. The molecule has 0 unspecified atom stereocenters. The zero-order valence-electron chi connectivity index (χ0n) is 9.50. The lowest BCUT2D eigenvalue weighted by Crippen LogP contribution is -2.38.